The van der Waals surface area contributed by atoms with Crippen molar-refractivity contribution < 1.29 is 19.1 Å². The monoisotopic (exact) mass is 390 g/mol. The second-order valence-corrected chi connectivity index (χ2v) is 6.13. The van der Waals surface area contributed by atoms with Gasteiger partial charge in [-0.05, 0) is 49.7 Å². The molecule has 27 heavy (non-hydrogen) atoms. The van der Waals surface area contributed by atoms with E-state index < -0.39 is 0 Å². The number of ether oxygens (including phenoxy) is 2. The largest absolute Gasteiger partial charge is 0.493 e. The van der Waals surface area contributed by atoms with Crippen LogP contribution in [0.15, 0.2) is 47.6 Å². The van der Waals surface area contributed by atoms with E-state index in [2.05, 4.69) is 10.5 Å². The van der Waals surface area contributed by atoms with Crippen LogP contribution in [0, 0.1) is 0 Å². The van der Waals surface area contributed by atoms with Crippen molar-refractivity contribution in [1.29, 1.82) is 0 Å². The first-order valence-electron chi connectivity index (χ1n) is 8.54. The van der Waals surface area contributed by atoms with Gasteiger partial charge in [0.25, 0.3) is 5.91 Å². The van der Waals surface area contributed by atoms with Crippen molar-refractivity contribution in [3.63, 3.8) is 0 Å². The molecule has 2 rings (SSSR count). The number of nitrogens with zero attached hydrogens (tertiary/aromatic N) is 1. The van der Waals surface area contributed by atoms with Crippen molar-refractivity contribution in [2.75, 3.05) is 20.3 Å². The van der Waals surface area contributed by atoms with Gasteiger partial charge < -0.3 is 19.6 Å². The molecule has 0 bridgehead atoms. The van der Waals surface area contributed by atoms with Crippen LogP contribution in [-0.4, -0.2) is 32.4 Å². The normalized spacial score (nSPS) is 11.9. The number of carbonyl (C=O) groups is 1. The van der Waals surface area contributed by atoms with Gasteiger partial charge in [0.15, 0.2) is 18.1 Å². The van der Waals surface area contributed by atoms with Gasteiger partial charge >= 0.3 is 0 Å². The Bertz CT molecular complexity index is 795. The summed E-state index contributed by atoms with van der Waals surface area (Å²) < 4.78 is 10.7. The third-order valence-electron chi connectivity index (χ3n) is 3.69. The van der Waals surface area contributed by atoms with Gasteiger partial charge in [0.2, 0.25) is 0 Å². The third-order valence-corrected chi connectivity index (χ3v) is 3.92. The van der Waals surface area contributed by atoms with Crippen molar-refractivity contribution >= 4 is 23.7 Å². The first-order valence-corrected chi connectivity index (χ1v) is 8.92. The van der Waals surface area contributed by atoms with Crippen LogP contribution in [0.1, 0.15) is 31.0 Å². The molecule has 2 aromatic carbocycles. The second-order valence-electron chi connectivity index (χ2n) is 5.70. The average Bonchev–Trinajstić information content (AvgIpc) is 2.66. The minimum absolute atomic E-state index is 0.181. The molecule has 0 heterocycles. The van der Waals surface area contributed by atoms with Gasteiger partial charge in [-0.2, -0.15) is 0 Å². The summed E-state index contributed by atoms with van der Waals surface area (Å²) in [5.41, 5.74) is 1.68. The van der Waals surface area contributed by atoms with Crippen molar-refractivity contribution in [3.8, 4) is 11.5 Å². The number of benzene rings is 2. The number of carbonyl (C=O) groups excluding carboxylic acids is 1. The molecule has 1 N–H and O–H groups in total. The molecule has 1 unspecified atom stereocenters. The first-order chi connectivity index (χ1) is 13.0. The van der Waals surface area contributed by atoms with Crippen LogP contribution in [0.3, 0.4) is 0 Å². The highest BCUT2D eigenvalue weighted by atomic mass is 35.5. The van der Waals surface area contributed by atoms with Crippen molar-refractivity contribution in [3.05, 3.63) is 58.6 Å². The number of hydrogen-bond acceptors (Lipinski definition) is 5. The van der Waals surface area contributed by atoms with Gasteiger partial charge in [0, 0.05) is 10.6 Å². The lowest BCUT2D eigenvalue weighted by Crippen LogP contribution is -2.29. The zero-order valence-electron chi connectivity index (χ0n) is 15.6. The molecule has 2 aromatic rings. The second kappa shape index (κ2) is 10.4. The summed E-state index contributed by atoms with van der Waals surface area (Å²) in [5.74, 6) is 0.991. The van der Waals surface area contributed by atoms with Crippen molar-refractivity contribution in [2.24, 2.45) is 5.16 Å². The molecule has 0 spiro atoms. The van der Waals surface area contributed by atoms with E-state index in [9.17, 15) is 4.79 Å². The number of methoxy groups -OCH3 is 1. The fourth-order valence-corrected chi connectivity index (χ4v) is 2.57. The summed E-state index contributed by atoms with van der Waals surface area (Å²) >= 11 is 5.96. The maximum atomic E-state index is 12.0. The van der Waals surface area contributed by atoms with E-state index in [0.29, 0.717) is 23.1 Å². The van der Waals surface area contributed by atoms with Gasteiger partial charge in [0.05, 0.1) is 26.0 Å². The Kier molecular flexibility index (Phi) is 7.95. The minimum Gasteiger partial charge on any atom is -0.493 e. The highest BCUT2D eigenvalue weighted by Crippen LogP contribution is 2.27. The molecule has 1 atom stereocenters. The standard InChI is InChI=1S/C20H23ClN2O4/c1-4-26-18-9-8-15(10-19(18)25-3)12-22-27-13-20(24)23-14(2)16-6-5-7-17(21)11-16/h5-12,14H,4,13H2,1-3H3,(H,23,24)/b22-12+. The lowest BCUT2D eigenvalue weighted by atomic mass is 10.1. The molecule has 0 aliphatic heterocycles. The average molecular weight is 391 g/mol. The Hall–Kier alpha value is -2.73. The van der Waals surface area contributed by atoms with E-state index in [4.69, 9.17) is 25.9 Å². The Morgan fingerprint density at radius 1 is 1.26 bits per heavy atom. The predicted molar refractivity (Wildman–Crippen MR) is 106 cm³/mol. The number of amides is 1. The molecule has 144 valence electrons. The number of rotatable bonds is 9. The maximum Gasteiger partial charge on any atom is 0.261 e. The summed E-state index contributed by atoms with van der Waals surface area (Å²) in [6.07, 6.45) is 1.51. The Balaban J connectivity index is 1.83. The Morgan fingerprint density at radius 2 is 2.07 bits per heavy atom. The smallest absolute Gasteiger partial charge is 0.261 e. The van der Waals surface area contributed by atoms with Gasteiger partial charge in [-0.3, -0.25) is 4.79 Å². The molecule has 6 nitrogen and oxygen atoms in total. The topological polar surface area (TPSA) is 69.2 Å². The van der Waals surface area contributed by atoms with Crippen LogP contribution < -0.4 is 14.8 Å². The van der Waals surface area contributed by atoms with E-state index in [1.165, 1.54) is 6.21 Å². The first kappa shape index (κ1) is 20.6. The Morgan fingerprint density at radius 3 is 2.78 bits per heavy atom. The molecule has 0 saturated heterocycles. The maximum absolute atomic E-state index is 12.0. The van der Waals surface area contributed by atoms with Crippen LogP contribution in [0.25, 0.3) is 0 Å². The van der Waals surface area contributed by atoms with Gasteiger partial charge in [-0.25, -0.2) is 0 Å². The molecule has 1 amide bonds. The lowest BCUT2D eigenvalue weighted by molar-refractivity contribution is -0.126. The summed E-state index contributed by atoms with van der Waals surface area (Å²) in [7, 11) is 1.57. The summed E-state index contributed by atoms with van der Waals surface area (Å²) in [6.45, 7) is 4.14. The molecule has 0 saturated carbocycles. The lowest BCUT2D eigenvalue weighted by Gasteiger charge is -2.14. The zero-order chi connectivity index (χ0) is 19.6. The summed E-state index contributed by atoms with van der Waals surface area (Å²) in [6, 6.07) is 12.5. The van der Waals surface area contributed by atoms with Crippen molar-refractivity contribution in [2.45, 2.75) is 19.9 Å². The Labute approximate surface area is 164 Å². The van der Waals surface area contributed by atoms with Gasteiger partial charge in [0.1, 0.15) is 0 Å². The number of halogens is 1. The molecule has 0 fully saturated rings. The SMILES string of the molecule is CCOc1ccc(/C=N/OCC(=O)NC(C)c2cccc(Cl)c2)cc1OC. The van der Waals surface area contributed by atoms with Crippen LogP contribution in [-0.2, 0) is 9.63 Å². The van der Waals surface area contributed by atoms with Crippen LogP contribution in [0.4, 0.5) is 0 Å². The number of nitrogens with one attached hydrogen (secondary N) is 1. The number of oxime groups is 1. The van der Waals surface area contributed by atoms with E-state index in [1.807, 2.05) is 38.1 Å². The molecule has 0 radical (unpaired) electrons. The molecule has 0 aliphatic carbocycles. The minimum atomic E-state index is -0.274. The highest BCUT2D eigenvalue weighted by Gasteiger charge is 2.10. The predicted octanol–water partition coefficient (Wildman–Crippen LogP) is 3.98. The van der Waals surface area contributed by atoms with E-state index in [-0.39, 0.29) is 18.6 Å². The van der Waals surface area contributed by atoms with Crippen LogP contribution in [0.5, 0.6) is 11.5 Å². The fourth-order valence-electron chi connectivity index (χ4n) is 2.38. The van der Waals surface area contributed by atoms with Gasteiger partial charge in [-0.1, -0.05) is 28.9 Å². The van der Waals surface area contributed by atoms with E-state index in [1.54, 1.807) is 25.3 Å². The van der Waals surface area contributed by atoms with Crippen molar-refractivity contribution in [1.82, 2.24) is 5.32 Å². The van der Waals surface area contributed by atoms with Crippen LogP contribution in [0.2, 0.25) is 5.02 Å². The molecule has 0 aliphatic rings. The third kappa shape index (κ3) is 6.49. The molecular formula is C20H23ClN2O4. The molecule has 7 heteroatoms. The zero-order valence-corrected chi connectivity index (χ0v) is 16.3. The number of hydrogen-bond donors (Lipinski definition) is 1. The van der Waals surface area contributed by atoms with Gasteiger partial charge in [-0.15, -0.1) is 0 Å². The van der Waals surface area contributed by atoms with Crippen LogP contribution >= 0.6 is 11.6 Å². The summed E-state index contributed by atoms with van der Waals surface area (Å²) in [4.78, 5) is 17.0. The molecule has 0 aromatic heterocycles. The fraction of sp³-hybridized carbons (Fsp3) is 0.300. The highest BCUT2D eigenvalue weighted by molar-refractivity contribution is 6.30. The van der Waals surface area contributed by atoms with E-state index in [0.717, 1.165) is 11.1 Å². The quantitative estimate of drug-likeness (QED) is 0.519. The summed E-state index contributed by atoms with van der Waals surface area (Å²) in [5, 5.41) is 7.28. The molecular weight excluding hydrogens is 368 g/mol. The van der Waals surface area contributed by atoms with E-state index >= 15 is 0 Å².